The molecule has 0 N–H and O–H groups in total. The number of methoxy groups -OCH3 is 3. The van der Waals surface area contributed by atoms with Crippen LogP contribution in [-0.2, 0) is 5.75 Å². The zero-order valence-electron chi connectivity index (χ0n) is 17.9. The number of nitrogens with zero attached hydrogens (tertiary/aromatic N) is 3. The van der Waals surface area contributed by atoms with Crippen molar-refractivity contribution in [3.63, 3.8) is 0 Å². The summed E-state index contributed by atoms with van der Waals surface area (Å²) in [6.07, 6.45) is 0. The maximum absolute atomic E-state index is 13.6. The van der Waals surface area contributed by atoms with E-state index in [1.165, 1.54) is 23.9 Å². The van der Waals surface area contributed by atoms with Crippen molar-refractivity contribution < 1.29 is 18.6 Å². The van der Waals surface area contributed by atoms with E-state index in [1.807, 2.05) is 47.0 Å². The summed E-state index contributed by atoms with van der Waals surface area (Å²) in [5, 5.41) is 9.57. The van der Waals surface area contributed by atoms with E-state index >= 15 is 0 Å². The molecule has 0 aliphatic carbocycles. The van der Waals surface area contributed by atoms with E-state index < -0.39 is 0 Å². The maximum atomic E-state index is 13.6. The minimum Gasteiger partial charge on any atom is -0.497 e. The van der Waals surface area contributed by atoms with Gasteiger partial charge < -0.3 is 14.2 Å². The Morgan fingerprint density at radius 1 is 0.812 bits per heavy atom. The highest BCUT2D eigenvalue weighted by Crippen LogP contribution is 2.34. The number of rotatable bonds is 8. The lowest BCUT2D eigenvalue weighted by Gasteiger charge is -2.13. The Kier molecular flexibility index (Phi) is 6.61. The Bertz CT molecular complexity index is 1190. The number of thioether (sulfide) groups is 1. The molecule has 8 heteroatoms. The normalized spacial score (nSPS) is 10.8. The van der Waals surface area contributed by atoms with E-state index in [2.05, 4.69) is 10.2 Å². The first kappa shape index (κ1) is 21.7. The molecule has 0 saturated carbocycles. The van der Waals surface area contributed by atoms with Crippen LogP contribution in [0.15, 0.2) is 71.9 Å². The Hall–Kier alpha value is -3.52. The van der Waals surface area contributed by atoms with Gasteiger partial charge in [0.1, 0.15) is 23.1 Å². The molecule has 1 aromatic heterocycles. The van der Waals surface area contributed by atoms with Gasteiger partial charge in [0.25, 0.3) is 0 Å². The van der Waals surface area contributed by atoms with E-state index in [0.29, 0.717) is 28.2 Å². The predicted molar refractivity (Wildman–Crippen MR) is 122 cm³/mol. The van der Waals surface area contributed by atoms with Gasteiger partial charge in [-0.3, -0.25) is 4.57 Å². The van der Waals surface area contributed by atoms with Crippen LogP contribution in [0.25, 0.3) is 17.1 Å². The summed E-state index contributed by atoms with van der Waals surface area (Å²) in [5.74, 6) is 2.97. The average Bonchev–Trinajstić information content (AvgIpc) is 3.26. The third kappa shape index (κ3) is 4.70. The fourth-order valence-electron chi connectivity index (χ4n) is 3.23. The zero-order valence-corrected chi connectivity index (χ0v) is 18.7. The van der Waals surface area contributed by atoms with Crippen LogP contribution >= 0.6 is 11.8 Å². The molecule has 6 nitrogen and oxygen atoms in total. The Labute approximate surface area is 190 Å². The standard InChI is InChI=1S/C24H22FN3O3S/c1-29-20-9-7-19(8-10-20)28-23(17-12-21(30-2)14-22(13-17)31-3)26-27-24(28)32-15-16-5-4-6-18(25)11-16/h4-14H,15H2,1-3H3. The van der Waals surface area contributed by atoms with Crippen LogP contribution in [0.1, 0.15) is 5.56 Å². The number of hydrogen-bond acceptors (Lipinski definition) is 6. The second-order valence-corrected chi connectivity index (χ2v) is 7.80. The molecule has 4 aromatic rings. The van der Waals surface area contributed by atoms with Gasteiger partial charge in [0.15, 0.2) is 11.0 Å². The first-order valence-corrected chi connectivity index (χ1v) is 10.8. The number of halogens is 1. The van der Waals surface area contributed by atoms with Crippen molar-refractivity contribution in [3.05, 3.63) is 78.1 Å². The number of benzene rings is 3. The Morgan fingerprint density at radius 2 is 1.50 bits per heavy atom. The van der Waals surface area contributed by atoms with Crippen LogP contribution < -0.4 is 14.2 Å². The van der Waals surface area contributed by atoms with Crippen LogP contribution in [0.2, 0.25) is 0 Å². The first-order chi connectivity index (χ1) is 15.6. The van der Waals surface area contributed by atoms with Crippen molar-refractivity contribution in [3.8, 4) is 34.3 Å². The van der Waals surface area contributed by atoms with Crippen molar-refractivity contribution in [2.24, 2.45) is 0 Å². The van der Waals surface area contributed by atoms with Crippen molar-refractivity contribution in [1.29, 1.82) is 0 Å². The molecule has 4 rings (SSSR count). The molecule has 0 amide bonds. The van der Waals surface area contributed by atoms with Crippen molar-refractivity contribution in [2.75, 3.05) is 21.3 Å². The van der Waals surface area contributed by atoms with E-state index in [-0.39, 0.29) is 5.82 Å². The largest absolute Gasteiger partial charge is 0.497 e. The molecule has 164 valence electrons. The molecule has 32 heavy (non-hydrogen) atoms. The zero-order chi connectivity index (χ0) is 22.5. The van der Waals surface area contributed by atoms with Gasteiger partial charge in [-0.25, -0.2) is 4.39 Å². The van der Waals surface area contributed by atoms with Crippen LogP contribution in [-0.4, -0.2) is 36.1 Å². The van der Waals surface area contributed by atoms with Crippen molar-refractivity contribution in [1.82, 2.24) is 14.8 Å². The quantitative estimate of drug-likeness (QED) is 0.335. The topological polar surface area (TPSA) is 58.4 Å². The van der Waals surface area contributed by atoms with E-state index in [0.717, 1.165) is 22.6 Å². The summed E-state index contributed by atoms with van der Waals surface area (Å²) in [5.41, 5.74) is 2.53. The summed E-state index contributed by atoms with van der Waals surface area (Å²) in [6.45, 7) is 0. The Morgan fingerprint density at radius 3 is 2.12 bits per heavy atom. The highest BCUT2D eigenvalue weighted by atomic mass is 32.2. The van der Waals surface area contributed by atoms with E-state index in [9.17, 15) is 4.39 Å². The van der Waals surface area contributed by atoms with E-state index in [1.54, 1.807) is 33.5 Å². The maximum Gasteiger partial charge on any atom is 0.196 e. The number of hydrogen-bond donors (Lipinski definition) is 0. The lowest BCUT2D eigenvalue weighted by molar-refractivity contribution is 0.394. The van der Waals surface area contributed by atoms with Crippen LogP contribution in [0.3, 0.4) is 0 Å². The molecule has 0 atom stereocenters. The molecule has 1 heterocycles. The summed E-state index contributed by atoms with van der Waals surface area (Å²) in [4.78, 5) is 0. The molecule has 0 unspecified atom stereocenters. The van der Waals surface area contributed by atoms with Gasteiger partial charge in [-0.2, -0.15) is 0 Å². The van der Waals surface area contributed by atoms with Gasteiger partial charge in [-0.1, -0.05) is 23.9 Å². The average molecular weight is 452 g/mol. The molecule has 3 aromatic carbocycles. The molecule has 0 fully saturated rings. The predicted octanol–water partition coefficient (Wildman–Crippen LogP) is 5.39. The highest BCUT2D eigenvalue weighted by Gasteiger charge is 2.18. The second kappa shape index (κ2) is 9.74. The molecule has 0 bridgehead atoms. The summed E-state index contributed by atoms with van der Waals surface area (Å²) in [6, 6.07) is 19.8. The molecule has 0 radical (unpaired) electrons. The second-order valence-electron chi connectivity index (χ2n) is 6.86. The van der Waals surface area contributed by atoms with Crippen LogP contribution in [0.4, 0.5) is 4.39 Å². The molecule has 0 aliphatic heterocycles. The summed E-state index contributed by atoms with van der Waals surface area (Å²) < 4.78 is 31.7. The summed E-state index contributed by atoms with van der Waals surface area (Å²) >= 11 is 1.48. The number of aromatic nitrogens is 3. The lowest BCUT2D eigenvalue weighted by Crippen LogP contribution is -2.01. The third-order valence-corrected chi connectivity index (χ3v) is 5.83. The van der Waals surface area contributed by atoms with Gasteiger partial charge in [-0.05, 0) is 54.1 Å². The van der Waals surface area contributed by atoms with Crippen LogP contribution in [0, 0.1) is 5.82 Å². The van der Waals surface area contributed by atoms with Gasteiger partial charge in [0, 0.05) is 23.1 Å². The minimum absolute atomic E-state index is 0.260. The highest BCUT2D eigenvalue weighted by molar-refractivity contribution is 7.98. The summed E-state index contributed by atoms with van der Waals surface area (Å²) in [7, 11) is 4.84. The molecule has 0 saturated heterocycles. The fraction of sp³-hybridized carbons (Fsp3) is 0.167. The van der Waals surface area contributed by atoms with Gasteiger partial charge >= 0.3 is 0 Å². The number of ether oxygens (including phenoxy) is 3. The fourth-order valence-corrected chi connectivity index (χ4v) is 4.12. The van der Waals surface area contributed by atoms with Gasteiger partial charge in [-0.15, -0.1) is 10.2 Å². The monoisotopic (exact) mass is 451 g/mol. The molecule has 0 aliphatic rings. The molecular formula is C24H22FN3O3S. The molecular weight excluding hydrogens is 429 g/mol. The smallest absolute Gasteiger partial charge is 0.196 e. The lowest BCUT2D eigenvalue weighted by atomic mass is 10.1. The van der Waals surface area contributed by atoms with E-state index in [4.69, 9.17) is 14.2 Å². The van der Waals surface area contributed by atoms with Crippen molar-refractivity contribution >= 4 is 11.8 Å². The van der Waals surface area contributed by atoms with Gasteiger partial charge in [0.2, 0.25) is 0 Å². The third-order valence-electron chi connectivity index (χ3n) is 4.83. The van der Waals surface area contributed by atoms with Gasteiger partial charge in [0.05, 0.1) is 21.3 Å². The van der Waals surface area contributed by atoms with Crippen molar-refractivity contribution in [2.45, 2.75) is 10.9 Å². The molecule has 0 spiro atoms. The minimum atomic E-state index is -0.260. The first-order valence-electron chi connectivity index (χ1n) is 9.82. The van der Waals surface area contributed by atoms with Crippen LogP contribution in [0.5, 0.6) is 17.2 Å². The Balaban J connectivity index is 1.78. The SMILES string of the molecule is COc1ccc(-n2c(SCc3cccc(F)c3)nnc2-c2cc(OC)cc(OC)c2)cc1.